The summed E-state index contributed by atoms with van der Waals surface area (Å²) < 4.78 is 5.80. The molecule has 0 aliphatic rings. The molecule has 0 unspecified atom stereocenters. The van der Waals surface area contributed by atoms with E-state index in [2.05, 4.69) is 0 Å². The van der Waals surface area contributed by atoms with Gasteiger partial charge in [0.05, 0.1) is 0 Å². The first-order chi connectivity index (χ1) is 8.16. The number of hydrogen-bond acceptors (Lipinski definition) is 2. The molecule has 2 aromatic carbocycles. The third-order valence-corrected chi connectivity index (χ3v) is 2.73. The van der Waals surface area contributed by atoms with E-state index in [1.54, 1.807) is 0 Å². The van der Waals surface area contributed by atoms with E-state index in [-0.39, 0.29) is 6.04 Å². The van der Waals surface area contributed by atoms with Gasteiger partial charge in [0.25, 0.3) is 0 Å². The van der Waals surface area contributed by atoms with Crippen LogP contribution in [0.1, 0.15) is 24.1 Å². The molecule has 0 amide bonds. The first-order valence-corrected chi connectivity index (χ1v) is 5.76. The van der Waals surface area contributed by atoms with Crippen molar-refractivity contribution in [1.29, 1.82) is 0 Å². The number of nitrogens with two attached hydrogens (primary N) is 1. The smallest absolute Gasteiger partial charge is 0.130 e. The zero-order valence-corrected chi connectivity index (χ0v) is 10.2. The molecule has 2 heteroatoms. The second-order valence-electron chi connectivity index (χ2n) is 4.23. The molecule has 17 heavy (non-hydrogen) atoms. The van der Waals surface area contributed by atoms with Crippen LogP contribution in [0, 0.1) is 6.92 Å². The quantitative estimate of drug-likeness (QED) is 0.865. The number of aryl methyl sites for hydroxylation is 1. The van der Waals surface area contributed by atoms with Gasteiger partial charge in [-0.15, -0.1) is 0 Å². The topological polar surface area (TPSA) is 35.2 Å². The second kappa shape index (κ2) is 5.02. The molecule has 2 nitrogen and oxygen atoms in total. The van der Waals surface area contributed by atoms with Crippen molar-refractivity contribution in [2.24, 2.45) is 5.73 Å². The normalized spacial score (nSPS) is 12.2. The standard InChI is InChI=1S/C15H17NO/c1-11-5-3-4-6-15(11)17-14-9-7-13(8-10-14)12(2)16/h3-10,12H,16H2,1-2H3/t12-/m0/s1. The Balaban J connectivity index is 2.17. The van der Waals surface area contributed by atoms with Crippen molar-refractivity contribution in [2.75, 3.05) is 0 Å². The van der Waals surface area contributed by atoms with Crippen LogP contribution in [0.5, 0.6) is 11.5 Å². The molecule has 1 atom stereocenters. The highest BCUT2D eigenvalue weighted by Crippen LogP contribution is 2.25. The van der Waals surface area contributed by atoms with Crippen molar-refractivity contribution in [3.05, 3.63) is 59.7 Å². The molecular formula is C15H17NO. The molecule has 2 N–H and O–H groups in total. The van der Waals surface area contributed by atoms with E-state index in [0.717, 1.165) is 22.6 Å². The average molecular weight is 227 g/mol. The lowest BCUT2D eigenvalue weighted by Gasteiger charge is -2.10. The second-order valence-corrected chi connectivity index (χ2v) is 4.23. The maximum Gasteiger partial charge on any atom is 0.130 e. The maximum atomic E-state index is 5.80. The predicted molar refractivity (Wildman–Crippen MR) is 70.3 cm³/mol. The third kappa shape index (κ3) is 2.86. The Kier molecular flexibility index (Phi) is 3.45. The van der Waals surface area contributed by atoms with Gasteiger partial charge in [0, 0.05) is 6.04 Å². The van der Waals surface area contributed by atoms with Crippen LogP contribution in [-0.4, -0.2) is 0 Å². The lowest BCUT2D eigenvalue weighted by molar-refractivity contribution is 0.478. The van der Waals surface area contributed by atoms with Crippen molar-refractivity contribution in [2.45, 2.75) is 19.9 Å². The maximum absolute atomic E-state index is 5.80. The van der Waals surface area contributed by atoms with Gasteiger partial charge in [-0.1, -0.05) is 30.3 Å². The summed E-state index contributed by atoms with van der Waals surface area (Å²) in [4.78, 5) is 0. The lowest BCUT2D eigenvalue weighted by atomic mass is 10.1. The van der Waals surface area contributed by atoms with Crippen molar-refractivity contribution >= 4 is 0 Å². The highest BCUT2D eigenvalue weighted by Gasteiger charge is 2.02. The zero-order valence-electron chi connectivity index (χ0n) is 10.2. The summed E-state index contributed by atoms with van der Waals surface area (Å²) in [5.74, 6) is 1.73. The molecule has 0 saturated carbocycles. The van der Waals surface area contributed by atoms with Crippen LogP contribution >= 0.6 is 0 Å². The number of ether oxygens (including phenoxy) is 1. The van der Waals surface area contributed by atoms with Crippen LogP contribution < -0.4 is 10.5 Å². The van der Waals surface area contributed by atoms with Gasteiger partial charge in [-0.3, -0.25) is 0 Å². The van der Waals surface area contributed by atoms with Gasteiger partial charge in [0.2, 0.25) is 0 Å². The van der Waals surface area contributed by atoms with Crippen molar-refractivity contribution in [3.8, 4) is 11.5 Å². The molecule has 0 radical (unpaired) electrons. The number of hydrogen-bond donors (Lipinski definition) is 1. The fraction of sp³-hybridized carbons (Fsp3) is 0.200. The molecule has 2 aromatic rings. The summed E-state index contributed by atoms with van der Waals surface area (Å²) >= 11 is 0. The molecule has 0 aromatic heterocycles. The Morgan fingerprint density at radius 2 is 1.65 bits per heavy atom. The Labute approximate surface area is 102 Å². The van der Waals surface area contributed by atoms with E-state index in [1.807, 2.05) is 62.4 Å². The molecular weight excluding hydrogens is 210 g/mol. The number of para-hydroxylation sites is 1. The Hall–Kier alpha value is -1.80. The highest BCUT2D eigenvalue weighted by molar-refractivity contribution is 5.38. The van der Waals surface area contributed by atoms with Gasteiger partial charge in [-0.2, -0.15) is 0 Å². The zero-order chi connectivity index (χ0) is 12.3. The minimum absolute atomic E-state index is 0.0579. The number of benzene rings is 2. The molecule has 2 rings (SSSR count). The van der Waals surface area contributed by atoms with Crippen LogP contribution in [0.4, 0.5) is 0 Å². The minimum atomic E-state index is 0.0579. The molecule has 0 aliphatic carbocycles. The van der Waals surface area contributed by atoms with Crippen molar-refractivity contribution < 1.29 is 4.74 Å². The van der Waals surface area contributed by atoms with Crippen LogP contribution in [0.25, 0.3) is 0 Å². The van der Waals surface area contributed by atoms with E-state index < -0.39 is 0 Å². The third-order valence-electron chi connectivity index (χ3n) is 2.73. The number of rotatable bonds is 3. The Bertz CT molecular complexity index is 489. The highest BCUT2D eigenvalue weighted by atomic mass is 16.5. The lowest BCUT2D eigenvalue weighted by Crippen LogP contribution is -2.04. The molecule has 0 heterocycles. The van der Waals surface area contributed by atoms with Gasteiger partial charge in [-0.25, -0.2) is 0 Å². The Morgan fingerprint density at radius 1 is 1.00 bits per heavy atom. The summed E-state index contributed by atoms with van der Waals surface area (Å²) in [6.45, 7) is 4.00. The van der Waals surface area contributed by atoms with Gasteiger partial charge in [0.15, 0.2) is 0 Å². The molecule has 0 aliphatic heterocycles. The van der Waals surface area contributed by atoms with E-state index in [9.17, 15) is 0 Å². The molecule has 0 spiro atoms. The summed E-state index contributed by atoms with van der Waals surface area (Å²) in [5.41, 5.74) is 8.04. The molecule has 0 saturated heterocycles. The van der Waals surface area contributed by atoms with Gasteiger partial charge in [0.1, 0.15) is 11.5 Å². The summed E-state index contributed by atoms with van der Waals surface area (Å²) in [5, 5.41) is 0. The minimum Gasteiger partial charge on any atom is -0.457 e. The Morgan fingerprint density at radius 3 is 2.24 bits per heavy atom. The molecule has 88 valence electrons. The van der Waals surface area contributed by atoms with Crippen LogP contribution in [0.15, 0.2) is 48.5 Å². The largest absolute Gasteiger partial charge is 0.457 e. The average Bonchev–Trinajstić information content (AvgIpc) is 2.33. The summed E-state index contributed by atoms with van der Waals surface area (Å²) in [7, 11) is 0. The van der Waals surface area contributed by atoms with E-state index in [1.165, 1.54) is 0 Å². The van der Waals surface area contributed by atoms with Crippen molar-refractivity contribution in [1.82, 2.24) is 0 Å². The van der Waals surface area contributed by atoms with E-state index in [4.69, 9.17) is 10.5 Å². The molecule has 0 fully saturated rings. The summed E-state index contributed by atoms with van der Waals surface area (Å²) in [6.07, 6.45) is 0. The van der Waals surface area contributed by atoms with Crippen LogP contribution in [0.3, 0.4) is 0 Å². The predicted octanol–water partition coefficient (Wildman–Crippen LogP) is 3.81. The van der Waals surface area contributed by atoms with Gasteiger partial charge in [-0.05, 0) is 43.2 Å². The monoisotopic (exact) mass is 227 g/mol. The van der Waals surface area contributed by atoms with E-state index in [0.29, 0.717) is 0 Å². The van der Waals surface area contributed by atoms with Crippen LogP contribution in [-0.2, 0) is 0 Å². The fourth-order valence-corrected chi connectivity index (χ4v) is 1.64. The van der Waals surface area contributed by atoms with Crippen molar-refractivity contribution in [3.63, 3.8) is 0 Å². The van der Waals surface area contributed by atoms with Gasteiger partial charge >= 0.3 is 0 Å². The SMILES string of the molecule is Cc1ccccc1Oc1ccc([C@H](C)N)cc1. The fourth-order valence-electron chi connectivity index (χ4n) is 1.64. The van der Waals surface area contributed by atoms with Gasteiger partial charge < -0.3 is 10.5 Å². The first-order valence-electron chi connectivity index (χ1n) is 5.76. The summed E-state index contributed by atoms with van der Waals surface area (Å²) in [6, 6.07) is 15.9. The first kappa shape index (κ1) is 11.7. The molecule has 0 bridgehead atoms. The van der Waals surface area contributed by atoms with E-state index >= 15 is 0 Å². The van der Waals surface area contributed by atoms with Crippen LogP contribution in [0.2, 0.25) is 0 Å².